The molecule has 0 aliphatic heterocycles. The van der Waals surface area contributed by atoms with Gasteiger partial charge in [0.2, 0.25) is 0 Å². The fraction of sp³-hybridized carbons (Fsp3) is 0.333. The molecule has 2 aromatic rings. The van der Waals surface area contributed by atoms with Gasteiger partial charge in [-0.25, -0.2) is 0 Å². The van der Waals surface area contributed by atoms with E-state index in [1.807, 2.05) is 18.2 Å². The molecular weight excluding hydrogens is 212 g/mol. The van der Waals surface area contributed by atoms with Crippen LogP contribution in [0.25, 0.3) is 0 Å². The zero-order valence-electron chi connectivity index (χ0n) is 10.5. The number of aryl methyl sites for hydroxylation is 1. The van der Waals surface area contributed by atoms with Gasteiger partial charge >= 0.3 is 0 Å². The standard InChI is InChI=1S/C8H12S.C7H8/c1-8(2,3)7-4-5-9-6-7;1-7-5-3-2-4-6-7/h4-6H,1-3H3;2-6H,1H3. The number of rotatable bonds is 0. The zero-order valence-corrected chi connectivity index (χ0v) is 11.3. The predicted octanol–water partition coefficient (Wildman–Crippen LogP) is 5.04. The topological polar surface area (TPSA) is 0 Å². The average molecular weight is 232 g/mol. The lowest BCUT2D eigenvalue weighted by molar-refractivity contribution is 0.593. The number of hydrogen-bond donors (Lipinski definition) is 0. The Morgan fingerprint density at radius 3 is 1.81 bits per heavy atom. The molecule has 0 unspecified atom stereocenters. The molecule has 0 radical (unpaired) electrons. The van der Waals surface area contributed by atoms with Crippen molar-refractivity contribution in [2.75, 3.05) is 0 Å². The van der Waals surface area contributed by atoms with E-state index in [0.717, 1.165) is 0 Å². The lowest BCUT2D eigenvalue weighted by Gasteiger charge is -2.15. The van der Waals surface area contributed by atoms with E-state index in [1.54, 1.807) is 11.3 Å². The molecule has 1 aromatic heterocycles. The van der Waals surface area contributed by atoms with Gasteiger partial charge in [0.05, 0.1) is 0 Å². The molecule has 0 spiro atoms. The molecule has 16 heavy (non-hydrogen) atoms. The maximum absolute atomic E-state index is 2.23. The molecule has 86 valence electrons. The summed E-state index contributed by atoms with van der Waals surface area (Å²) >= 11 is 1.77. The van der Waals surface area contributed by atoms with Gasteiger partial charge in [0.15, 0.2) is 0 Å². The highest BCUT2D eigenvalue weighted by molar-refractivity contribution is 7.08. The summed E-state index contributed by atoms with van der Waals surface area (Å²) in [5, 5.41) is 4.33. The molecule has 0 saturated heterocycles. The molecule has 0 bridgehead atoms. The molecule has 1 aromatic carbocycles. The predicted molar refractivity (Wildman–Crippen MR) is 74.2 cm³/mol. The Labute approximate surface area is 103 Å². The normalized spacial score (nSPS) is 10.5. The molecule has 0 N–H and O–H groups in total. The minimum absolute atomic E-state index is 0.333. The maximum Gasteiger partial charge on any atom is -0.00559 e. The SMILES string of the molecule is CC(C)(C)c1ccsc1.Cc1ccccc1. The van der Waals surface area contributed by atoms with Crippen LogP contribution in [0.4, 0.5) is 0 Å². The van der Waals surface area contributed by atoms with Gasteiger partial charge in [-0.2, -0.15) is 11.3 Å². The first-order valence-electron chi connectivity index (χ1n) is 5.54. The van der Waals surface area contributed by atoms with Crippen molar-refractivity contribution in [2.24, 2.45) is 0 Å². The minimum atomic E-state index is 0.333. The quantitative estimate of drug-likeness (QED) is 0.597. The summed E-state index contributed by atoms with van der Waals surface area (Å²) in [6, 6.07) is 12.4. The molecule has 0 aliphatic rings. The molecule has 1 heteroatoms. The molecule has 0 saturated carbocycles. The Morgan fingerprint density at radius 1 is 0.938 bits per heavy atom. The lowest BCUT2D eigenvalue weighted by Crippen LogP contribution is -2.08. The monoisotopic (exact) mass is 232 g/mol. The molecule has 1 heterocycles. The Morgan fingerprint density at radius 2 is 1.56 bits per heavy atom. The van der Waals surface area contributed by atoms with Crippen molar-refractivity contribution >= 4 is 11.3 Å². The van der Waals surface area contributed by atoms with Crippen LogP contribution in [0.2, 0.25) is 0 Å². The summed E-state index contributed by atoms with van der Waals surface area (Å²) < 4.78 is 0. The van der Waals surface area contributed by atoms with Crippen molar-refractivity contribution in [1.29, 1.82) is 0 Å². The summed E-state index contributed by atoms with van der Waals surface area (Å²) in [5.41, 5.74) is 3.09. The lowest BCUT2D eigenvalue weighted by atomic mass is 9.90. The van der Waals surface area contributed by atoms with Crippen LogP contribution in [0.15, 0.2) is 47.2 Å². The first-order valence-corrected chi connectivity index (χ1v) is 6.49. The third-order valence-electron chi connectivity index (χ3n) is 2.33. The highest BCUT2D eigenvalue weighted by Gasteiger charge is 2.12. The second-order valence-electron chi connectivity index (χ2n) is 4.92. The first-order chi connectivity index (χ1) is 7.50. The Bertz CT molecular complexity index is 379. The number of hydrogen-bond acceptors (Lipinski definition) is 1. The van der Waals surface area contributed by atoms with E-state index in [9.17, 15) is 0 Å². The second-order valence-corrected chi connectivity index (χ2v) is 5.70. The number of thiophene rings is 1. The Balaban J connectivity index is 0.000000165. The average Bonchev–Trinajstić information content (AvgIpc) is 2.71. The van der Waals surface area contributed by atoms with E-state index in [1.165, 1.54) is 11.1 Å². The molecule has 0 aliphatic carbocycles. The van der Waals surface area contributed by atoms with Crippen molar-refractivity contribution in [1.82, 2.24) is 0 Å². The summed E-state index contributed by atoms with van der Waals surface area (Å²) in [6.07, 6.45) is 0. The van der Waals surface area contributed by atoms with Crippen LogP contribution >= 0.6 is 11.3 Å². The van der Waals surface area contributed by atoms with E-state index >= 15 is 0 Å². The minimum Gasteiger partial charge on any atom is -0.152 e. The highest BCUT2D eigenvalue weighted by Crippen LogP contribution is 2.23. The van der Waals surface area contributed by atoms with Gasteiger partial charge in [0.25, 0.3) is 0 Å². The highest BCUT2D eigenvalue weighted by atomic mass is 32.1. The second kappa shape index (κ2) is 5.86. The van der Waals surface area contributed by atoms with Crippen LogP contribution in [0.5, 0.6) is 0 Å². The van der Waals surface area contributed by atoms with E-state index in [0.29, 0.717) is 5.41 Å². The molecule has 0 atom stereocenters. The fourth-order valence-corrected chi connectivity index (χ4v) is 2.11. The van der Waals surface area contributed by atoms with Gasteiger partial charge in [-0.15, -0.1) is 0 Å². The molecule has 0 fully saturated rings. The first kappa shape index (κ1) is 13.0. The van der Waals surface area contributed by atoms with Gasteiger partial charge < -0.3 is 0 Å². The third kappa shape index (κ3) is 4.63. The van der Waals surface area contributed by atoms with Crippen molar-refractivity contribution in [3.63, 3.8) is 0 Å². The smallest absolute Gasteiger partial charge is 0.00559 e. The van der Waals surface area contributed by atoms with Crippen molar-refractivity contribution in [2.45, 2.75) is 33.1 Å². The molecule has 0 nitrogen and oxygen atoms in total. The van der Waals surface area contributed by atoms with Crippen LogP contribution in [-0.2, 0) is 5.41 Å². The van der Waals surface area contributed by atoms with Crippen LogP contribution < -0.4 is 0 Å². The summed E-state index contributed by atoms with van der Waals surface area (Å²) in [5.74, 6) is 0. The molecule has 2 rings (SSSR count). The van der Waals surface area contributed by atoms with E-state index in [-0.39, 0.29) is 0 Å². The summed E-state index contributed by atoms with van der Waals surface area (Å²) in [4.78, 5) is 0. The molecule has 0 amide bonds. The van der Waals surface area contributed by atoms with Gasteiger partial charge in [-0.05, 0) is 34.7 Å². The van der Waals surface area contributed by atoms with Crippen molar-refractivity contribution in [3.05, 3.63) is 58.3 Å². The Kier molecular flexibility index (Phi) is 4.75. The van der Waals surface area contributed by atoms with Crippen LogP contribution in [0.1, 0.15) is 31.9 Å². The Hall–Kier alpha value is -1.08. The zero-order chi connectivity index (χ0) is 12.0. The van der Waals surface area contributed by atoms with E-state index < -0.39 is 0 Å². The van der Waals surface area contributed by atoms with Crippen molar-refractivity contribution in [3.8, 4) is 0 Å². The number of benzene rings is 1. The maximum atomic E-state index is 2.23. The van der Waals surface area contributed by atoms with Crippen LogP contribution in [0, 0.1) is 6.92 Å². The van der Waals surface area contributed by atoms with E-state index in [2.05, 4.69) is 56.7 Å². The summed E-state index contributed by atoms with van der Waals surface area (Å²) in [6.45, 7) is 8.78. The summed E-state index contributed by atoms with van der Waals surface area (Å²) in [7, 11) is 0. The molecular formula is C15H20S. The van der Waals surface area contributed by atoms with Crippen LogP contribution in [0.3, 0.4) is 0 Å². The van der Waals surface area contributed by atoms with E-state index in [4.69, 9.17) is 0 Å². The van der Waals surface area contributed by atoms with Crippen LogP contribution in [-0.4, -0.2) is 0 Å². The third-order valence-corrected chi connectivity index (χ3v) is 3.01. The fourth-order valence-electron chi connectivity index (χ4n) is 1.23. The van der Waals surface area contributed by atoms with Crippen molar-refractivity contribution < 1.29 is 0 Å². The van der Waals surface area contributed by atoms with Gasteiger partial charge in [0, 0.05) is 0 Å². The van der Waals surface area contributed by atoms with Gasteiger partial charge in [-0.1, -0.05) is 56.7 Å². The van der Waals surface area contributed by atoms with Gasteiger partial charge in [-0.3, -0.25) is 0 Å². The van der Waals surface area contributed by atoms with Gasteiger partial charge in [0.1, 0.15) is 0 Å². The largest absolute Gasteiger partial charge is 0.152 e.